The van der Waals surface area contributed by atoms with E-state index < -0.39 is 24.3 Å². The highest BCUT2D eigenvalue weighted by molar-refractivity contribution is 5.98. The molecule has 3 N–H and O–H groups in total. The van der Waals surface area contributed by atoms with E-state index in [0.29, 0.717) is 12.8 Å². The van der Waals surface area contributed by atoms with Gasteiger partial charge in [-0.2, -0.15) is 0 Å². The van der Waals surface area contributed by atoms with Crippen LogP contribution in [0.1, 0.15) is 12.8 Å². The van der Waals surface area contributed by atoms with Crippen LogP contribution in [0.2, 0.25) is 0 Å². The number of amides is 3. The molecule has 0 spiro atoms. The van der Waals surface area contributed by atoms with Gasteiger partial charge in [0, 0.05) is 0 Å². The number of hydrogen-bond acceptors (Lipinski definition) is 7. The highest BCUT2D eigenvalue weighted by Crippen LogP contribution is 2.20. The third-order valence-corrected chi connectivity index (χ3v) is 2.90. The Morgan fingerprint density at radius 3 is 2.26 bits per heavy atom. The first-order valence-electron chi connectivity index (χ1n) is 6.94. The van der Waals surface area contributed by atoms with E-state index >= 15 is 0 Å². The number of hydrogen-bond donors (Lipinski definition) is 3. The van der Waals surface area contributed by atoms with Crippen LogP contribution in [0.15, 0.2) is 25.3 Å². The van der Waals surface area contributed by atoms with Crippen molar-refractivity contribution in [1.29, 1.82) is 0 Å². The van der Waals surface area contributed by atoms with Crippen molar-refractivity contribution < 1.29 is 33.7 Å². The molecular formula is C14H20N2O7. The monoisotopic (exact) mass is 328 g/mol. The Labute approximate surface area is 133 Å². The van der Waals surface area contributed by atoms with Gasteiger partial charge in [-0.1, -0.05) is 13.2 Å². The fraction of sp³-hybridized carbons (Fsp3) is 0.500. The molecule has 0 aliphatic carbocycles. The molecule has 1 saturated heterocycles. The molecule has 3 amide bonds. The van der Waals surface area contributed by atoms with E-state index in [2.05, 4.69) is 18.5 Å². The lowest BCUT2D eigenvalue weighted by Gasteiger charge is -2.15. The second-order valence-electron chi connectivity index (χ2n) is 4.67. The molecule has 0 radical (unpaired) electrons. The topological polar surface area (TPSA) is 123 Å². The predicted octanol–water partition coefficient (Wildman–Crippen LogP) is 0.203. The Morgan fingerprint density at radius 2 is 1.74 bits per heavy atom. The molecular weight excluding hydrogens is 308 g/mol. The van der Waals surface area contributed by atoms with E-state index in [0.717, 1.165) is 12.2 Å². The Morgan fingerprint density at radius 1 is 1.17 bits per heavy atom. The van der Waals surface area contributed by atoms with Crippen molar-refractivity contribution in [3.63, 3.8) is 0 Å². The van der Waals surface area contributed by atoms with Crippen molar-refractivity contribution in [2.75, 3.05) is 13.2 Å². The number of aliphatic hydroxyl groups excluding tert-OH is 1. The summed E-state index contributed by atoms with van der Waals surface area (Å²) in [6.07, 6.45) is -0.170. The highest BCUT2D eigenvalue weighted by Gasteiger charge is 2.27. The molecule has 0 aromatic rings. The molecule has 3 atom stereocenters. The SMILES string of the molecule is C=CC(=O)NC(=O)OCC1CCC(COC(=O)NC(O)C=C)O1. The lowest BCUT2D eigenvalue weighted by atomic mass is 10.2. The number of rotatable bonds is 7. The van der Waals surface area contributed by atoms with E-state index in [1.807, 2.05) is 5.32 Å². The van der Waals surface area contributed by atoms with Crippen LogP contribution < -0.4 is 10.6 Å². The molecule has 1 fully saturated rings. The van der Waals surface area contributed by atoms with Crippen LogP contribution >= 0.6 is 0 Å². The van der Waals surface area contributed by atoms with Crippen LogP contribution in [0.3, 0.4) is 0 Å². The first-order chi connectivity index (χ1) is 10.9. The zero-order chi connectivity index (χ0) is 17.2. The molecule has 0 saturated carbocycles. The van der Waals surface area contributed by atoms with Gasteiger partial charge in [-0.05, 0) is 25.0 Å². The maximum absolute atomic E-state index is 11.3. The smallest absolute Gasteiger partial charge is 0.414 e. The fourth-order valence-corrected chi connectivity index (χ4v) is 1.77. The summed E-state index contributed by atoms with van der Waals surface area (Å²) in [6, 6.07) is 0. The molecule has 1 heterocycles. The zero-order valence-corrected chi connectivity index (χ0v) is 12.5. The quantitative estimate of drug-likeness (QED) is 0.346. The normalized spacial score (nSPS) is 20.9. The number of alkyl carbamates (subject to hydrolysis) is 2. The van der Waals surface area contributed by atoms with Crippen LogP contribution in [-0.2, 0) is 19.0 Å². The molecule has 0 aromatic heterocycles. The summed E-state index contributed by atoms with van der Waals surface area (Å²) in [5.41, 5.74) is 0. The summed E-state index contributed by atoms with van der Waals surface area (Å²) in [4.78, 5) is 33.4. The van der Waals surface area contributed by atoms with Crippen LogP contribution in [0.4, 0.5) is 9.59 Å². The van der Waals surface area contributed by atoms with E-state index in [1.165, 1.54) is 0 Å². The summed E-state index contributed by atoms with van der Waals surface area (Å²) < 4.78 is 15.2. The van der Waals surface area contributed by atoms with Gasteiger partial charge in [0.1, 0.15) is 19.4 Å². The summed E-state index contributed by atoms with van der Waals surface area (Å²) in [5.74, 6) is -0.652. The minimum atomic E-state index is -1.18. The molecule has 1 aliphatic heterocycles. The number of carbonyl (C=O) groups excluding carboxylic acids is 3. The number of aliphatic hydroxyl groups is 1. The Balaban J connectivity index is 2.19. The van der Waals surface area contributed by atoms with Gasteiger partial charge in [-0.3, -0.25) is 15.4 Å². The largest absolute Gasteiger partial charge is 0.447 e. The molecule has 9 nitrogen and oxygen atoms in total. The van der Waals surface area contributed by atoms with Gasteiger partial charge in [0.15, 0.2) is 0 Å². The molecule has 3 unspecified atom stereocenters. The van der Waals surface area contributed by atoms with Crippen LogP contribution in [0, 0.1) is 0 Å². The first kappa shape index (κ1) is 18.7. The number of nitrogens with one attached hydrogen (secondary N) is 2. The molecule has 1 aliphatic rings. The molecule has 23 heavy (non-hydrogen) atoms. The zero-order valence-electron chi connectivity index (χ0n) is 12.5. The second-order valence-corrected chi connectivity index (χ2v) is 4.67. The molecule has 0 bridgehead atoms. The average molecular weight is 328 g/mol. The third-order valence-electron chi connectivity index (χ3n) is 2.90. The van der Waals surface area contributed by atoms with Crippen LogP contribution in [0.25, 0.3) is 0 Å². The standard InChI is InChI=1S/C14H20N2O7/c1-3-11(17)15-13(19)21-7-9-5-6-10(23-9)8-22-14(20)16-12(18)4-2/h3-4,9-11,17H,1-2,5-8H2,(H,15,19)(H,16,18,20). The Hall–Kier alpha value is -2.39. The Bertz CT molecular complexity index is 466. The highest BCUT2D eigenvalue weighted by atomic mass is 16.6. The van der Waals surface area contributed by atoms with Crippen LogP contribution in [0.5, 0.6) is 0 Å². The van der Waals surface area contributed by atoms with Gasteiger partial charge in [-0.25, -0.2) is 9.59 Å². The van der Waals surface area contributed by atoms with Gasteiger partial charge < -0.3 is 19.3 Å². The summed E-state index contributed by atoms with van der Waals surface area (Å²) >= 11 is 0. The lowest BCUT2D eigenvalue weighted by Crippen LogP contribution is -2.35. The summed E-state index contributed by atoms with van der Waals surface area (Å²) in [7, 11) is 0. The maximum atomic E-state index is 11.3. The minimum Gasteiger partial charge on any atom is -0.447 e. The van der Waals surface area contributed by atoms with Gasteiger partial charge in [0.25, 0.3) is 5.91 Å². The first-order valence-corrected chi connectivity index (χ1v) is 6.94. The van der Waals surface area contributed by atoms with Crippen LogP contribution in [-0.4, -0.2) is 54.8 Å². The fourth-order valence-electron chi connectivity index (χ4n) is 1.77. The number of ether oxygens (including phenoxy) is 3. The van der Waals surface area contributed by atoms with Crippen molar-refractivity contribution in [2.45, 2.75) is 31.3 Å². The second kappa shape index (κ2) is 9.59. The molecule has 0 aromatic carbocycles. The van der Waals surface area contributed by atoms with Gasteiger partial charge in [0.2, 0.25) is 0 Å². The van der Waals surface area contributed by atoms with Gasteiger partial charge >= 0.3 is 12.2 Å². The van der Waals surface area contributed by atoms with Crippen molar-refractivity contribution in [3.05, 3.63) is 25.3 Å². The summed E-state index contributed by atoms with van der Waals surface area (Å²) in [6.45, 7) is 6.50. The van der Waals surface area contributed by atoms with E-state index in [-0.39, 0.29) is 25.4 Å². The summed E-state index contributed by atoms with van der Waals surface area (Å²) in [5, 5.41) is 13.2. The molecule has 128 valence electrons. The average Bonchev–Trinajstić information content (AvgIpc) is 2.98. The van der Waals surface area contributed by atoms with Gasteiger partial charge in [0.05, 0.1) is 12.2 Å². The maximum Gasteiger partial charge on any atom is 0.414 e. The van der Waals surface area contributed by atoms with E-state index in [9.17, 15) is 14.4 Å². The van der Waals surface area contributed by atoms with E-state index in [1.54, 1.807) is 0 Å². The lowest BCUT2D eigenvalue weighted by molar-refractivity contribution is -0.116. The Kier molecular flexibility index (Phi) is 7.78. The predicted molar refractivity (Wildman–Crippen MR) is 78.3 cm³/mol. The minimum absolute atomic E-state index is 0.00728. The van der Waals surface area contributed by atoms with Crippen molar-refractivity contribution in [2.24, 2.45) is 0 Å². The van der Waals surface area contributed by atoms with Crippen molar-refractivity contribution in [3.8, 4) is 0 Å². The number of carbonyl (C=O) groups is 3. The number of imide groups is 1. The molecule has 9 heteroatoms. The van der Waals surface area contributed by atoms with Gasteiger partial charge in [-0.15, -0.1) is 0 Å². The van der Waals surface area contributed by atoms with Crippen molar-refractivity contribution in [1.82, 2.24) is 10.6 Å². The third kappa shape index (κ3) is 7.43. The van der Waals surface area contributed by atoms with Crippen molar-refractivity contribution >= 4 is 18.1 Å². The van der Waals surface area contributed by atoms with E-state index in [4.69, 9.17) is 19.3 Å². The molecule has 1 rings (SSSR count).